The zero-order chi connectivity index (χ0) is 10.8. The molecule has 0 radical (unpaired) electrons. The highest BCUT2D eigenvalue weighted by molar-refractivity contribution is 7.17. The van der Waals surface area contributed by atoms with E-state index in [1.807, 2.05) is 11.3 Å². The molecule has 0 amide bonds. The first-order valence-electron chi connectivity index (χ1n) is 5.70. The molecule has 0 saturated carbocycles. The van der Waals surface area contributed by atoms with Crippen LogP contribution in [0.25, 0.3) is 10.1 Å². The molecule has 2 aromatic rings. The minimum atomic E-state index is 0.540. The van der Waals surface area contributed by atoms with Crippen LogP contribution in [0.3, 0.4) is 0 Å². The van der Waals surface area contributed by atoms with Crippen molar-refractivity contribution >= 4 is 21.4 Å². The number of hydrogen-bond acceptors (Lipinski definition) is 3. The van der Waals surface area contributed by atoms with E-state index in [1.54, 1.807) is 0 Å². The van der Waals surface area contributed by atoms with E-state index >= 15 is 0 Å². The fourth-order valence-electron chi connectivity index (χ4n) is 2.12. The van der Waals surface area contributed by atoms with E-state index in [2.05, 4.69) is 35.0 Å². The summed E-state index contributed by atoms with van der Waals surface area (Å²) in [6.07, 6.45) is 1.14. The number of benzene rings is 1. The Balaban J connectivity index is 1.73. The number of thiophene rings is 1. The Bertz CT molecular complexity index is 473. The van der Waals surface area contributed by atoms with Crippen LogP contribution in [0.4, 0.5) is 0 Å². The lowest BCUT2D eigenvalue weighted by molar-refractivity contribution is 0.190. The van der Waals surface area contributed by atoms with Crippen molar-refractivity contribution in [3.63, 3.8) is 0 Å². The van der Waals surface area contributed by atoms with Crippen molar-refractivity contribution in [2.75, 3.05) is 13.2 Å². The highest BCUT2D eigenvalue weighted by atomic mass is 32.1. The Morgan fingerprint density at radius 1 is 1.38 bits per heavy atom. The molecule has 1 N–H and O–H groups in total. The topological polar surface area (TPSA) is 21.3 Å². The average Bonchev–Trinajstić information content (AvgIpc) is 2.96. The van der Waals surface area contributed by atoms with Crippen molar-refractivity contribution < 1.29 is 4.74 Å². The second-order valence-corrected chi connectivity index (χ2v) is 5.11. The van der Waals surface area contributed by atoms with Crippen LogP contribution >= 0.6 is 11.3 Å². The van der Waals surface area contributed by atoms with E-state index in [0.29, 0.717) is 6.04 Å². The fourth-order valence-corrected chi connectivity index (χ4v) is 3.08. The molecule has 1 aliphatic rings. The fraction of sp³-hybridized carbons (Fsp3) is 0.385. The van der Waals surface area contributed by atoms with Gasteiger partial charge in [-0.3, -0.25) is 0 Å². The van der Waals surface area contributed by atoms with E-state index in [1.165, 1.54) is 15.6 Å². The van der Waals surface area contributed by atoms with Crippen LogP contribution in [0.5, 0.6) is 0 Å². The van der Waals surface area contributed by atoms with Gasteiger partial charge in [0.1, 0.15) is 0 Å². The quantitative estimate of drug-likeness (QED) is 0.880. The maximum Gasteiger partial charge on any atom is 0.0620 e. The molecule has 1 aromatic carbocycles. The van der Waals surface area contributed by atoms with Crippen LogP contribution in [0, 0.1) is 0 Å². The smallest absolute Gasteiger partial charge is 0.0620 e. The average molecular weight is 233 g/mol. The van der Waals surface area contributed by atoms with Crippen molar-refractivity contribution in [3.8, 4) is 0 Å². The Morgan fingerprint density at radius 3 is 3.19 bits per heavy atom. The number of nitrogens with one attached hydrogen (secondary N) is 1. The summed E-state index contributed by atoms with van der Waals surface area (Å²) in [5.41, 5.74) is 1.41. The lowest BCUT2D eigenvalue weighted by atomic mass is 10.1. The summed E-state index contributed by atoms with van der Waals surface area (Å²) in [4.78, 5) is 0. The maximum absolute atomic E-state index is 5.35. The molecule has 0 bridgehead atoms. The predicted octanol–water partition coefficient (Wildman–Crippen LogP) is 2.78. The summed E-state index contributed by atoms with van der Waals surface area (Å²) in [7, 11) is 0. The second kappa shape index (κ2) is 4.53. The normalized spacial score (nSPS) is 20.6. The van der Waals surface area contributed by atoms with Crippen LogP contribution in [0.2, 0.25) is 0 Å². The lowest BCUT2D eigenvalue weighted by Crippen LogP contribution is -2.28. The standard InChI is InChI=1S/C13H15NOS/c1-2-4-13-12(3-1)10(9-16-13)7-14-11-5-6-15-8-11/h1-4,9,11,14H,5-8H2. The van der Waals surface area contributed by atoms with Crippen molar-refractivity contribution in [2.45, 2.75) is 19.0 Å². The Hall–Kier alpha value is -0.900. The molecule has 0 spiro atoms. The molecule has 1 saturated heterocycles. The predicted molar refractivity (Wildman–Crippen MR) is 67.9 cm³/mol. The van der Waals surface area contributed by atoms with Gasteiger partial charge in [0.15, 0.2) is 0 Å². The molecule has 84 valence electrons. The molecule has 1 fully saturated rings. The third-order valence-electron chi connectivity index (χ3n) is 3.07. The van der Waals surface area contributed by atoms with Gasteiger partial charge < -0.3 is 10.1 Å². The molecule has 2 heterocycles. The molecule has 3 rings (SSSR count). The minimum Gasteiger partial charge on any atom is -0.380 e. The lowest BCUT2D eigenvalue weighted by Gasteiger charge is -2.09. The number of ether oxygens (including phenoxy) is 1. The summed E-state index contributed by atoms with van der Waals surface area (Å²) in [6, 6.07) is 9.13. The van der Waals surface area contributed by atoms with Gasteiger partial charge in [-0.1, -0.05) is 18.2 Å². The molecular formula is C13H15NOS. The van der Waals surface area contributed by atoms with Gasteiger partial charge in [-0.2, -0.15) is 0 Å². The molecule has 16 heavy (non-hydrogen) atoms. The Kier molecular flexibility index (Phi) is 2.91. The van der Waals surface area contributed by atoms with Crippen molar-refractivity contribution in [3.05, 3.63) is 35.2 Å². The van der Waals surface area contributed by atoms with Gasteiger partial charge in [-0.15, -0.1) is 11.3 Å². The minimum absolute atomic E-state index is 0.540. The SMILES string of the molecule is c1ccc2c(CNC3CCOC3)csc2c1. The van der Waals surface area contributed by atoms with E-state index in [4.69, 9.17) is 4.74 Å². The van der Waals surface area contributed by atoms with Gasteiger partial charge in [-0.25, -0.2) is 0 Å². The van der Waals surface area contributed by atoms with Gasteiger partial charge >= 0.3 is 0 Å². The van der Waals surface area contributed by atoms with E-state index in [9.17, 15) is 0 Å². The monoisotopic (exact) mass is 233 g/mol. The first kappa shape index (κ1) is 10.3. The van der Waals surface area contributed by atoms with Crippen LogP contribution < -0.4 is 5.32 Å². The molecule has 0 aliphatic carbocycles. The van der Waals surface area contributed by atoms with E-state index in [0.717, 1.165) is 26.2 Å². The number of hydrogen-bond donors (Lipinski definition) is 1. The molecule has 1 aliphatic heterocycles. The molecule has 1 atom stereocenters. The molecular weight excluding hydrogens is 218 g/mol. The van der Waals surface area contributed by atoms with Crippen molar-refractivity contribution in [2.24, 2.45) is 0 Å². The molecule has 1 aromatic heterocycles. The van der Waals surface area contributed by atoms with E-state index < -0.39 is 0 Å². The second-order valence-electron chi connectivity index (χ2n) is 4.20. The number of fused-ring (bicyclic) bond motifs is 1. The first-order chi connectivity index (χ1) is 7.93. The van der Waals surface area contributed by atoms with Gasteiger partial charge in [0.2, 0.25) is 0 Å². The summed E-state index contributed by atoms with van der Waals surface area (Å²) in [5.74, 6) is 0. The first-order valence-corrected chi connectivity index (χ1v) is 6.58. The van der Waals surface area contributed by atoms with Crippen molar-refractivity contribution in [1.29, 1.82) is 0 Å². The third-order valence-corrected chi connectivity index (χ3v) is 4.08. The maximum atomic E-state index is 5.35. The highest BCUT2D eigenvalue weighted by Crippen LogP contribution is 2.25. The Labute approximate surface area is 99.2 Å². The number of rotatable bonds is 3. The summed E-state index contributed by atoms with van der Waals surface area (Å²) in [6.45, 7) is 2.72. The zero-order valence-electron chi connectivity index (χ0n) is 9.11. The zero-order valence-corrected chi connectivity index (χ0v) is 9.93. The third kappa shape index (κ3) is 1.98. The summed E-state index contributed by atoms with van der Waals surface area (Å²) in [5, 5.41) is 7.20. The summed E-state index contributed by atoms with van der Waals surface area (Å²) >= 11 is 1.83. The van der Waals surface area contributed by atoms with Crippen LogP contribution in [-0.4, -0.2) is 19.3 Å². The Morgan fingerprint density at radius 2 is 2.31 bits per heavy atom. The van der Waals surface area contributed by atoms with Crippen LogP contribution in [-0.2, 0) is 11.3 Å². The van der Waals surface area contributed by atoms with Gasteiger partial charge in [-0.05, 0) is 28.8 Å². The molecule has 3 heteroatoms. The van der Waals surface area contributed by atoms with E-state index in [-0.39, 0.29) is 0 Å². The van der Waals surface area contributed by atoms with Gasteiger partial charge in [0.05, 0.1) is 6.61 Å². The van der Waals surface area contributed by atoms with Crippen molar-refractivity contribution in [1.82, 2.24) is 5.32 Å². The summed E-state index contributed by atoms with van der Waals surface area (Å²) < 4.78 is 6.73. The van der Waals surface area contributed by atoms with Gasteiger partial charge in [0.25, 0.3) is 0 Å². The van der Waals surface area contributed by atoms with Gasteiger partial charge in [0, 0.05) is 23.9 Å². The van der Waals surface area contributed by atoms with Crippen LogP contribution in [0.1, 0.15) is 12.0 Å². The highest BCUT2D eigenvalue weighted by Gasteiger charge is 2.15. The molecule has 1 unspecified atom stereocenters. The van der Waals surface area contributed by atoms with Crippen LogP contribution in [0.15, 0.2) is 29.6 Å². The largest absolute Gasteiger partial charge is 0.380 e. The molecule has 2 nitrogen and oxygen atoms in total.